The van der Waals surface area contributed by atoms with E-state index in [1.54, 1.807) is 37.3 Å². The Morgan fingerprint density at radius 3 is 2.77 bits per heavy atom. The van der Waals surface area contributed by atoms with E-state index < -0.39 is 5.97 Å². The normalized spacial score (nSPS) is 12.2. The van der Waals surface area contributed by atoms with E-state index >= 15 is 0 Å². The summed E-state index contributed by atoms with van der Waals surface area (Å²) in [7, 11) is 0. The second kappa shape index (κ2) is 7.93. The van der Waals surface area contributed by atoms with Crippen molar-refractivity contribution in [3.63, 3.8) is 0 Å². The van der Waals surface area contributed by atoms with Crippen molar-refractivity contribution in [1.82, 2.24) is 0 Å². The molecule has 26 heavy (non-hydrogen) atoms. The Morgan fingerprint density at radius 2 is 2.00 bits per heavy atom. The first-order valence-electron chi connectivity index (χ1n) is 7.92. The molecule has 0 atom stereocenters. The maximum absolute atomic E-state index is 12.1. The van der Waals surface area contributed by atoms with Crippen LogP contribution < -0.4 is 14.8 Å². The number of amides is 1. The first kappa shape index (κ1) is 17.8. The number of hydrogen-bond acceptors (Lipinski definition) is 5. The average molecular weight is 374 g/mol. The monoisotopic (exact) mass is 373 g/mol. The van der Waals surface area contributed by atoms with Gasteiger partial charge < -0.3 is 19.5 Å². The standard InChI is InChI=1S/C19H16ClNO5/c1-2-24-19(23)13-5-6-15(14(20)10-13)21-18(22)8-4-12-3-7-16-17(9-12)26-11-25-16/h3-10H,2,11H2,1H3,(H,21,22)/b8-4+. The third-order valence-corrected chi connectivity index (χ3v) is 3.87. The van der Waals surface area contributed by atoms with Gasteiger partial charge in [-0.15, -0.1) is 0 Å². The molecule has 134 valence electrons. The molecule has 0 aromatic heterocycles. The van der Waals surface area contributed by atoms with Gasteiger partial charge in [-0.25, -0.2) is 4.79 Å². The molecule has 3 rings (SSSR count). The van der Waals surface area contributed by atoms with Gasteiger partial charge in [0, 0.05) is 6.08 Å². The van der Waals surface area contributed by atoms with Gasteiger partial charge in [0.15, 0.2) is 11.5 Å². The number of carbonyl (C=O) groups is 2. The van der Waals surface area contributed by atoms with Crippen LogP contribution in [0.5, 0.6) is 11.5 Å². The van der Waals surface area contributed by atoms with E-state index in [0.29, 0.717) is 22.7 Å². The number of rotatable bonds is 5. The highest BCUT2D eigenvalue weighted by atomic mass is 35.5. The van der Waals surface area contributed by atoms with E-state index in [9.17, 15) is 9.59 Å². The van der Waals surface area contributed by atoms with Crippen LogP contribution >= 0.6 is 11.6 Å². The first-order valence-corrected chi connectivity index (χ1v) is 8.30. The number of benzene rings is 2. The third-order valence-electron chi connectivity index (χ3n) is 3.56. The number of carbonyl (C=O) groups excluding carboxylic acids is 2. The predicted octanol–water partition coefficient (Wildman–Crippen LogP) is 3.90. The van der Waals surface area contributed by atoms with E-state index in [2.05, 4.69) is 5.32 Å². The van der Waals surface area contributed by atoms with Gasteiger partial charge in [-0.2, -0.15) is 0 Å². The second-order valence-electron chi connectivity index (χ2n) is 5.35. The van der Waals surface area contributed by atoms with Crippen LogP contribution in [0.25, 0.3) is 6.08 Å². The fraction of sp³-hybridized carbons (Fsp3) is 0.158. The number of nitrogens with one attached hydrogen (secondary N) is 1. The van der Waals surface area contributed by atoms with Crippen LogP contribution in [0.15, 0.2) is 42.5 Å². The number of esters is 1. The average Bonchev–Trinajstić information content (AvgIpc) is 3.09. The molecule has 2 aromatic carbocycles. The van der Waals surface area contributed by atoms with Gasteiger partial charge in [0.2, 0.25) is 12.7 Å². The van der Waals surface area contributed by atoms with Crippen molar-refractivity contribution < 1.29 is 23.8 Å². The molecule has 0 bridgehead atoms. The van der Waals surface area contributed by atoms with Crippen LogP contribution in [-0.2, 0) is 9.53 Å². The number of ether oxygens (including phenoxy) is 3. The second-order valence-corrected chi connectivity index (χ2v) is 5.76. The number of hydrogen-bond donors (Lipinski definition) is 1. The Hall–Kier alpha value is -2.99. The Balaban J connectivity index is 1.65. The topological polar surface area (TPSA) is 73.9 Å². The van der Waals surface area contributed by atoms with E-state index in [1.165, 1.54) is 12.1 Å². The third kappa shape index (κ3) is 4.15. The van der Waals surface area contributed by atoms with Crippen molar-refractivity contribution in [2.24, 2.45) is 0 Å². The fourth-order valence-corrected chi connectivity index (χ4v) is 2.55. The minimum atomic E-state index is -0.463. The highest BCUT2D eigenvalue weighted by Crippen LogP contribution is 2.32. The van der Waals surface area contributed by atoms with Crippen LogP contribution in [0, 0.1) is 0 Å². The molecule has 1 N–H and O–H groups in total. The predicted molar refractivity (Wildman–Crippen MR) is 97.6 cm³/mol. The number of halogens is 1. The Labute approximate surface area is 155 Å². The zero-order valence-corrected chi connectivity index (χ0v) is 14.7. The van der Waals surface area contributed by atoms with Gasteiger partial charge >= 0.3 is 5.97 Å². The first-order chi connectivity index (χ1) is 12.6. The maximum atomic E-state index is 12.1. The molecule has 2 aromatic rings. The van der Waals surface area contributed by atoms with Crippen LogP contribution in [0.1, 0.15) is 22.8 Å². The van der Waals surface area contributed by atoms with E-state index in [1.807, 2.05) is 6.07 Å². The summed E-state index contributed by atoms with van der Waals surface area (Å²) in [5, 5.41) is 2.92. The van der Waals surface area contributed by atoms with Crippen molar-refractivity contribution in [3.05, 3.63) is 58.6 Å². The zero-order valence-electron chi connectivity index (χ0n) is 14.0. The summed E-state index contributed by atoms with van der Waals surface area (Å²) in [6.45, 7) is 2.20. The van der Waals surface area contributed by atoms with E-state index in [0.717, 1.165) is 5.56 Å². The Kier molecular flexibility index (Phi) is 5.43. The van der Waals surface area contributed by atoms with E-state index in [-0.39, 0.29) is 24.3 Å². The molecule has 0 saturated carbocycles. The lowest BCUT2D eigenvalue weighted by Gasteiger charge is -2.07. The molecule has 1 heterocycles. The van der Waals surface area contributed by atoms with Gasteiger partial charge in [0.05, 0.1) is 22.9 Å². The number of fused-ring (bicyclic) bond motifs is 1. The van der Waals surface area contributed by atoms with Crippen LogP contribution in [-0.4, -0.2) is 25.3 Å². The van der Waals surface area contributed by atoms with Gasteiger partial charge in [0.1, 0.15) is 0 Å². The summed E-state index contributed by atoms with van der Waals surface area (Å²) in [6, 6.07) is 9.94. The van der Waals surface area contributed by atoms with Crippen molar-refractivity contribution in [2.45, 2.75) is 6.92 Å². The molecule has 0 radical (unpaired) electrons. The summed E-state index contributed by atoms with van der Waals surface area (Å²) < 4.78 is 15.4. The lowest BCUT2D eigenvalue weighted by atomic mass is 10.2. The molecule has 0 aliphatic carbocycles. The Bertz CT molecular complexity index is 878. The smallest absolute Gasteiger partial charge is 0.338 e. The fourth-order valence-electron chi connectivity index (χ4n) is 2.32. The van der Waals surface area contributed by atoms with Gasteiger partial charge in [-0.1, -0.05) is 17.7 Å². The summed E-state index contributed by atoms with van der Waals surface area (Å²) >= 11 is 6.12. The lowest BCUT2D eigenvalue weighted by Crippen LogP contribution is -2.09. The molecule has 1 amide bonds. The summed E-state index contributed by atoms with van der Waals surface area (Å²) in [5.41, 5.74) is 1.53. The zero-order chi connectivity index (χ0) is 18.5. The molecule has 1 aliphatic rings. The molecular weight excluding hydrogens is 358 g/mol. The quantitative estimate of drug-likeness (QED) is 0.635. The van der Waals surface area contributed by atoms with Gasteiger partial charge in [-0.05, 0) is 48.9 Å². The summed E-state index contributed by atoms with van der Waals surface area (Å²) in [6.07, 6.45) is 3.03. The molecular formula is C19H16ClNO5. The van der Waals surface area contributed by atoms with Crippen LogP contribution in [0.4, 0.5) is 5.69 Å². The maximum Gasteiger partial charge on any atom is 0.338 e. The highest BCUT2D eigenvalue weighted by molar-refractivity contribution is 6.34. The molecule has 0 saturated heterocycles. The molecule has 1 aliphatic heterocycles. The SMILES string of the molecule is CCOC(=O)c1ccc(NC(=O)/C=C/c2ccc3c(c2)OCO3)c(Cl)c1. The van der Waals surface area contributed by atoms with Gasteiger partial charge in [-0.3, -0.25) is 4.79 Å². The minimum absolute atomic E-state index is 0.198. The molecule has 0 unspecified atom stereocenters. The molecule has 0 spiro atoms. The lowest BCUT2D eigenvalue weighted by molar-refractivity contribution is -0.111. The van der Waals surface area contributed by atoms with Crippen LogP contribution in [0.3, 0.4) is 0 Å². The highest BCUT2D eigenvalue weighted by Gasteiger charge is 2.13. The van der Waals surface area contributed by atoms with Gasteiger partial charge in [0.25, 0.3) is 0 Å². The van der Waals surface area contributed by atoms with E-state index in [4.69, 9.17) is 25.8 Å². The van der Waals surface area contributed by atoms with Crippen molar-refractivity contribution >= 4 is 35.2 Å². The van der Waals surface area contributed by atoms with Crippen molar-refractivity contribution in [3.8, 4) is 11.5 Å². The summed E-state index contributed by atoms with van der Waals surface area (Å²) in [4.78, 5) is 23.8. The number of anilines is 1. The Morgan fingerprint density at radius 1 is 1.19 bits per heavy atom. The molecule has 0 fully saturated rings. The summed E-state index contributed by atoms with van der Waals surface area (Å²) in [5.74, 6) is 0.508. The van der Waals surface area contributed by atoms with Crippen LogP contribution in [0.2, 0.25) is 5.02 Å². The van der Waals surface area contributed by atoms with Crippen molar-refractivity contribution in [2.75, 3.05) is 18.7 Å². The molecule has 7 heteroatoms. The van der Waals surface area contributed by atoms with Crippen molar-refractivity contribution in [1.29, 1.82) is 0 Å². The minimum Gasteiger partial charge on any atom is -0.462 e. The molecule has 6 nitrogen and oxygen atoms in total. The largest absolute Gasteiger partial charge is 0.462 e.